The first-order valence-electron chi connectivity index (χ1n) is 7.80. The van der Waals surface area contributed by atoms with Crippen molar-refractivity contribution in [3.8, 4) is 5.69 Å². The van der Waals surface area contributed by atoms with Gasteiger partial charge in [0, 0.05) is 11.1 Å². The third kappa shape index (κ3) is 4.48. The third-order valence-corrected chi connectivity index (χ3v) is 3.79. The van der Waals surface area contributed by atoms with Gasteiger partial charge in [-0.05, 0) is 36.4 Å². The van der Waals surface area contributed by atoms with Crippen LogP contribution in [0.1, 0.15) is 10.4 Å². The molecule has 10 nitrogen and oxygen atoms in total. The van der Waals surface area contributed by atoms with Gasteiger partial charge in [0.15, 0.2) is 6.61 Å². The molecule has 0 atom stereocenters. The fourth-order valence-electron chi connectivity index (χ4n) is 2.26. The van der Waals surface area contributed by atoms with E-state index in [1.54, 1.807) is 12.1 Å². The second-order valence-electron chi connectivity index (χ2n) is 5.43. The summed E-state index contributed by atoms with van der Waals surface area (Å²) in [5.41, 5.74) is 0.508. The van der Waals surface area contributed by atoms with E-state index in [1.165, 1.54) is 47.7 Å². The summed E-state index contributed by atoms with van der Waals surface area (Å²) in [7, 11) is 0. The van der Waals surface area contributed by atoms with E-state index >= 15 is 0 Å². The van der Waals surface area contributed by atoms with Crippen molar-refractivity contribution in [2.24, 2.45) is 0 Å². The van der Waals surface area contributed by atoms with Crippen molar-refractivity contribution < 1.29 is 19.2 Å². The molecule has 28 heavy (non-hydrogen) atoms. The van der Waals surface area contributed by atoms with Gasteiger partial charge in [0.1, 0.15) is 18.3 Å². The topological polar surface area (TPSA) is 129 Å². The van der Waals surface area contributed by atoms with E-state index in [1.807, 2.05) is 0 Å². The zero-order valence-corrected chi connectivity index (χ0v) is 14.9. The standard InChI is InChI=1S/C17H12ClN5O5/c18-12-3-6-15(23(26)27)14(7-12)21-16(24)8-28-17(25)11-1-4-13(5-2-11)22-10-19-9-20-22/h1-7,9-10H,8H2,(H,21,24). The molecule has 0 fully saturated rings. The third-order valence-electron chi connectivity index (χ3n) is 3.55. The van der Waals surface area contributed by atoms with Gasteiger partial charge in [-0.1, -0.05) is 11.6 Å². The Bertz CT molecular complexity index is 1020. The Balaban J connectivity index is 1.59. The molecular formula is C17H12ClN5O5. The van der Waals surface area contributed by atoms with Gasteiger partial charge < -0.3 is 10.1 Å². The number of nitrogens with zero attached hydrogens (tertiary/aromatic N) is 4. The average Bonchev–Trinajstić information content (AvgIpc) is 3.21. The summed E-state index contributed by atoms with van der Waals surface area (Å²) in [4.78, 5) is 38.2. The van der Waals surface area contributed by atoms with Crippen molar-refractivity contribution in [1.82, 2.24) is 14.8 Å². The highest BCUT2D eigenvalue weighted by Crippen LogP contribution is 2.27. The number of hydrogen-bond acceptors (Lipinski definition) is 7. The number of halogens is 1. The summed E-state index contributed by atoms with van der Waals surface area (Å²) in [6.45, 7) is -0.618. The fraction of sp³-hybridized carbons (Fsp3) is 0.0588. The molecule has 0 bridgehead atoms. The number of rotatable bonds is 6. The van der Waals surface area contributed by atoms with Crippen LogP contribution in [-0.2, 0) is 9.53 Å². The molecule has 1 aromatic heterocycles. The van der Waals surface area contributed by atoms with Crippen LogP contribution in [0.15, 0.2) is 55.1 Å². The predicted octanol–water partition coefficient (Wildman–Crippen LogP) is 2.62. The maximum absolute atomic E-state index is 12.1. The first kappa shape index (κ1) is 19.0. The van der Waals surface area contributed by atoms with Crippen LogP contribution in [0.25, 0.3) is 5.69 Å². The van der Waals surface area contributed by atoms with E-state index in [9.17, 15) is 19.7 Å². The Labute approximate surface area is 162 Å². The highest BCUT2D eigenvalue weighted by Gasteiger charge is 2.17. The molecular weight excluding hydrogens is 390 g/mol. The van der Waals surface area contributed by atoms with Gasteiger partial charge in [-0.25, -0.2) is 14.5 Å². The summed E-state index contributed by atoms with van der Waals surface area (Å²) in [6, 6.07) is 10.0. The minimum atomic E-state index is -0.738. The second-order valence-corrected chi connectivity index (χ2v) is 5.87. The number of benzene rings is 2. The summed E-state index contributed by atoms with van der Waals surface area (Å²) in [6.07, 6.45) is 2.89. The zero-order valence-electron chi connectivity index (χ0n) is 14.1. The number of hydrogen-bond donors (Lipinski definition) is 1. The van der Waals surface area contributed by atoms with E-state index in [0.717, 1.165) is 0 Å². The summed E-state index contributed by atoms with van der Waals surface area (Å²) < 4.78 is 6.45. The lowest BCUT2D eigenvalue weighted by Gasteiger charge is -2.08. The number of amides is 1. The van der Waals surface area contributed by atoms with Gasteiger partial charge in [0.25, 0.3) is 11.6 Å². The van der Waals surface area contributed by atoms with Gasteiger partial charge in [-0.2, -0.15) is 5.10 Å². The molecule has 0 aliphatic heterocycles. The summed E-state index contributed by atoms with van der Waals surface area (Å²) in [5, 5.41) is 17.5. The minimum absolute atomic E-state index is 0.0873. The van der Waals surface area contributed by atoms with Crippen LogP contribution in [0.3, 0.4) is 0 Å². The van der Waals surface area contributed by atoms with Gasteiger partial charge in [0.05, 0.1) is 16.2 Å². The molecule has 3 rings (SSSR count). The average molecular weight is 402 g/mol. The lowest BCUT2D eigenvalue weighted by molar-refractivity contribution is -0.383. The number of nitro groups is 1. The monoisotopic (exact) mass is 401 g/mol. The van der Waals surface area contributed by atoms with Crippen LogP contribution in [0, 0.1) is 10.1 Å². The number of aromatic nitrogens is 3. The molecule has 1 N–H and O–H groups in total. The van der Waals surface area contributed by atoms with Crippen molar-refractivity contribution in [2.45, 2.75) is 0 Å². The molecule has 0 aliphatic carbocycles. The highest BCUT2D eigenvalue weighted by atomic mass is 35.5. The fourth-order valence-corrected chi connectivity index (χ4v) is 2.43. The number of nitro benzene ring substituents is 1. The SMILES string of the molecule is O=C(COC(=O)c1ccc(-n2cncn2)cc1)Nc1cc(Cl)ccc1[N+](=O)[O-]. The Kier molecular flexibility index (Phi) is 5.61. The van der Waals surface area contributed by atoms with Crippen LogP contribution in [0.5, 0.6) is 0 Å². The zero-order chi connectivity index (χ0) is 20.1. The van der Waals surface area contributed by atoms with Crippen LogP contribution >= 0.6 is 11.6 Å². The minimum Gasteiger partial charge on any atom is -0.452 e. The van der Waals surface area contributed by atoms with Crippen molar-refractivity contribution in [3.63, 3.8) is 0 Å². The Morgan fingerprint density at radius 3 is 2.61 bits per heavy atom. The highest BCUT2D eigenvalue weighted by molar-refractivity contribution is 6.31. The first-order chi connectivity index (χ1) is 13.4. The Morgan fingerprint density at radius 1 is 1.21 bits per heavy atom. The normalized spacial score (nSPS) is 10.3. The van der Waals surface area contributed by atoms with Crippen molar-refractivity contribution in [3.05, 3.63) is 75.8 Å². The van der Waals surface area contributed by atoms with Crippen molar-refractivity contribution >= 4 is 34.9 Å². The Hall–Kier alpha value is -3.79. The van der Waals surface area contributed by atoms with Crippen molar-refractivity contribution in [1.29, 1.82) is 0 Å². The molecule has 2 aromatic carbocycles. The van der Waals surface area contributed by atoms with Gasteiger partial charge >= 0.3 is 5.97 Å². The van der Waals surface area contributed by atoms with Crippen LogP contribution in [-0.4, -0.2) is 38.2 Å². The number of anilines is 1. The van der Waals surface area contributed by atoms with E-state index in [0.29, 0.717) is 5.69 Å². The van der Waals surface area contributed by atoms with Crippen molar-refractivity contribution in [2.75, 3.05) is 11.9 Å². The lowest BCUT2D eigenvalue weighted by Crippen LogP contribution is -2.21. The smallest absolute Gasteiger partial charge is 0.338 e. The molecule has 1 heterocycles. The molecule has 1 amide bonds. The lowest BCUT2D eigenvalue weighted by atomic mass is 10.2. The number of carbonyl (C=O) groups excluding carboxylic acids is 2. The summed E-state index contributed by atoms with van der Waals surface area (Å²) >= 11 is 5.79. The summed E-state index contributed by atoms with van der Waals surface area (Å²) in [5.74, 6) is -1.46. The number of ether oxygens (including phenoxy) is 1. The molecule has 0 unspecified atom stereocenters. The number of carbonyl (C=O) groups is 2. The van der Waals surface area contributed by atoms with Gasteiger partial charge in [-0.15, -0.1) is 0 Å². The van der Waals surface area contributed by atoms with E-state index in [2.05, 4.69) is 15.4 Å². The number of esters is 1. The molecule has 3 aromatic rings. The molecule has 0 aliphatic rings. The van der Waals surface area contributed by atoms with E-state index in [-0.39, 0.29) is 22.0 Å². The molecule has 0 spiro atoms. The molecule has 0 saturated heterocycles. The first-order valence-corrected chi connectivity index (χ1v) is 8.18. The molecule has 142 valence electrons. The maximum Gasteiger partial charge on any atom is 0.338 e. The predicted molar refractivity (Wildman–Crippen MR) is 98.4 cm³/mol. The van der Waals surface area contributed by atoms with Gasteiger partial charge in [0.2, 0.25) is 0 Å². The molecule has 0 radical (unpaired) electrons. The van der Waals surface area contributed by atoms with E-state index < -0.39 is 23.4 Å². The molecule has 11 heteroatoms. The van der Waals surface area contributed by atoms with Crippen LogP contribution < -0.4 is 5.32 Å². The van der Waals surface area contributed by atoms with Gasteiger partial charge in [-0.3, -0.25) is 14.9 Å². The second kappa shape index (κ2) is 8.27. The van der Waals surface area contributed by atoms with Crippen LogP contribution in [0.4, 0.5) is 11.4 Å². The van der Waals surface area contributed by atoms with E-state index in [4.69, 9.17) is 16.3 Å². The maximum atomic E-state index is 12.1. The quantitative estimate of drug-likeness (QED) is 0.381. The number of nitrogens with one attached hydrogen (secondary N) is 1. The largest absolute Gasteiger partial charge is 0.452 e. The Morgan fingerprint density at radius 2 is 1.96 bits per heavy atom. The van der Waals surface area contributed by atoms with Crippen LogP contribution in [0.2, 0.25) is 5.02 Å². The molecule has 0 saturated carbocycles.